The average molecular weight is 267 g/mol. The van der Waals surface area contributed by atoms with E-state index in [0.29, 0.717) is 6.04 Å². The van der Waals surface area contributed by atoms with E-state index in [1.807, 2.05) is 6.07 Å². The maximum absolute atomic E-state index is 10.7. The predicted octanol–water partition coefficient (Wildman–Crippen LogP) is 1.84. The molecule has 1 aromatic rings. The fourth-order valence-electron chi connectivity index (χ4n) is 3.11. The smallest absolute Gasteiger partial charge is 0.315 e. The van der Waals surface area contributed by atoms with Crippen molar-refractivity contribution in [3.63, 3.8) is 0 Å². The monoisotopic (exact) mass is 267 g/mol. The Morgan fingerprint density at radius 2 is 2.39 bits per heavy atom. The molecular formula is C12H17N3O2S. The molecule has 0 radical (unpaired) electrons. The lowest BCUT2D eigenvalue weighted by atomic mass is 9.92. The van der Waals surface area contributed by atoms with Crippen LogP contribution in [0, 0.1) is 16.0 Å². The first-order chi connectivity index (χ1) is 8.74. The molecule has 0 aliphatic carbocycles. The summed E-state index contributed by atoms with van der Waals surface area (Å²) in [5.41, 5.74) is 0. The van der Waals surface area contributed by atoms with E-state index in [1.54, 1.807) is 6.07 Å². The molecule has 2 aliphatic rings. The molecule has 0 spiro atoms. The summed E-state index contributed by atoms with van der Waals surface area (Å²) in [5, 5.41) is 14.4. The normalized spacial score (nSPS) is 28.2. The maximum atomic E-state index is 10.7. The Morgan fingerprint density at radius 1 is 1.50 bits per heavy atom. The zero-order valence-electron chi connectivity index (χ0n) is 10.2. The Kier molecular flexibility index (Phi) is 3.32. The summed E-state index contributed by atoms with van der Waals surface area (Å²) in [6.45, 7) is 4.18. The molecule has 0 bridgehead atoms. The van der Waals surface area contributed by atoms with Crippen molar-refractivity contribution in [2.45, 2.75) is 25.4 Å². The third kappa shape index (κ3) is 2.28. The summed E-state index contributed by atoms with van der Waals surface area (Å²) in [7, 11) is 0. The summed E-state index contributed by atoms with van der Waals surface area (Å²) in [4.78, 5) is 14.0. The van der Waals surface area contributed by atoms with Crippen LogP contribution < -0.4 is 5.32 Å². The minimum atomic E-state index is -0.301. The van der Waals surface area contributed by atoms with Crippen LogP contribution in [0.1, 0.15) is 17.7 Å². The second kappa shape index (κ2) is 4.95. The molecule has 2 saturated heterocycles. The van der Waals surface area contributed by atoms with Crippen molar-refractivity contribution in [1.82, 2.24) is 10.2 Å². The Bertz CT molecular complexity index is 448. The highest BCUT2D eigenvalue weighted by Gasteiger charge is 2.34. The Labute approximate surface area is 110 Å². The Balaban J connectivity index is 1.69. The number of fused-ring (bicyclic) bond motifs is 1. The zero-order valence-corrected chi connectivity index (χ0v) is 11.0. The summed E-state index contributed by atoms with van der Waals surface area (Å²) in [6, 6.07) is 4.14. The van der Waals surface area contributed by atoms with Crippen LogP contribution in [-0.4, -0.2) is 35.5 Å². The number of nitrogens with zero attached hydrogens (tertiary/aromatic N) is 2. The van der Waals surface area contributed by atoms with Crippen molar-refractivity contribution < 1.29 is 4.92 Å². The van der Waals surface area contributed by atoms with Gasteiger partial charge in [0.25, 0.3) is 0 Å². The van der Waals surface area contributed by atoms with Gasteiger partial charge in [-0.25, -0.2) is 0 Å². The van der Waals surface area contributed by atoms with Crippen LogP contribution >= 0.6 is 11.3 Å². The molecule has 2 unspecified atom stereocenters. The summed E-state index contributed by atoms with van der Waals surface area (Å²) >= 11 is 1.31. The number of thiophene rings is 1. The molecule has 2 atom stereocenters. The lowest BCUT2D eigenvalue weighted by molar-refractivity contribution is -0.380. The highest BCUT2D eigenvalue weighted by atomic mass is 32.1. The largest absolute Gasteiger partial charge is 0.324 e. The van der Waals surface area contributed by atoms with Gasteiger partial charge in [0, 0.05) is 30.1 Å². The van der Waals surface area contributed by atoms with Crippen LogP contribution in [0.3, 0.4) is 0 Å². The average Bonchev–Trinajstić information content (AvgIpc) is 2.97. The van der Waals surface area contributed by atoms with Gasteiger partial charge in [0.1, 0.15) is 0 Å². The molecule has 0 aromatic carbocycles. The van der Waals surface area contributed by atoms with E-state index < -0.39 is 0 Å². The molecule has 5 nitrogen and oxygen atoms in total. The molecule has 6 heteroatoms. The first kappa shape index (κ1) is 12.1. The van der Waals surface area contributed by atoms with Crippen molar-refractivity contribution >= 4 is 16.3 Å². The SMILES string of the molecule is O=[N+]([O-])c1ccc(CN2CCCC3CNCC32)s1. The number of likely N-dealkylation sites (tertiary alicyclic amines) is 1. The number of piperidine rings is 1. The van der Waals surface area contributed by atoms with Gasteiger partial charge in [-0.05, 0) is 37.9 Å². The lowest BCUT2D eigenvalue weighted by Gasteiger charge is -2.36. The molecule has 3 heterocycles. The molecule has 0 amide bonds. The Morgan fingerprint density at radius 3 is 3.17 bits per heavy atom. The number of nitrogens with one attached hydrogen (secondary N) is 1. The van der Waals surface area contributed by atoms with E-state index in [9.17, 15) is 10.1 Å². The van der Waals surface area contributed by atoms with Crippen LogP contribution in [0.4, 0.5) is 5.00 Å². The lowest BCUT2D eigenvalue weighted by Crippen LogP contribution is -2.44. The number of hydrogen-bond donors (Lipinski definition) is 1. The van der Waals surface area contributed by atoms with E-state index in [1.165, 1.54) is 24.2 Å². The van der Waals surface area contributed by atoms with Gasteiger partial charge < -0.3 is 5.32 Å². The molecule has 1 aromatic heterocycles. The second-order valence-electron chi connectivity index (χ2n) is 5.10. The maximum Gasteiger partial charge on any atom is 0.324 e. The fraction of sp³-hybridized carbons (Fsp3) is 0.667. The highest BCUT2D eigenvalue weighted by Crippen LogP contribution is 2.30. The molecular weight excluding hydrogens is 250 g/mol. The van der Waals surface area contributed by atoms with Gasteiger partial charge in [0.15, 0.2) is 0 Å². The molecule has 1 N–H and O–H groups in total. The van der Waals surface area contributed by atoms with Gasteiger partial charge in [-0.3, -0.25) is 15.0 Å². The Hall–Kier alpha value is -0.980. The minimum Gasteiger partial charge on any atom is -0.315 e. The first-order valence-electron chi connectivity index (χ1n) is 6.42. The van der Waals surface area contributed by atoms with Crippen molar-refractivity contribution in [2.75, 3.05) is 19.6 Å². The topological polar surface area (TPSA) is 58.4 Å². The summed E-state index contributed by atoms with van der Waals surface area (Å²) in [5.74, 6) is 0.772. The van der Waals surface area contributed by atoms with Gasteiger partial charge in [0.2, 0.25) is 0 Å². The van der Waals surface area contributed by atoms with Crippen LogP contribution in [0.5, 0.6) is 0 Å². The molecule has 2 fully saturated rings. The standard InChI is InChI=1S/C12H17N3O2S/c16-15(17)12-4-3-10(18-12)8-14-5-1-2-9-6-13-7-11(9)14/h3-4,9,11,13H,1-2,5-8H2. The fourth-order valence-corrected chi connectivity index (χ4v) is 3.96. The van der Waals surface area contributed by atoms with E-state index in [0.717, 1.165) is 37.0 Å². The van der Waals surface area contributed by atoms with E-state index in [4.69, 9.17) is 0 Å². The van der Waals surface area contributed by atoms with Gasteiger partial charge >= 0.3 is 5.00 Å². The predicted molar refractivity (Wildman–Crippen MR) is 70.8 cm³/mol. The van der Waals surface area contributed by atoms with Crippen molar-refractivity contribution in [2.24, 2.45) is 5.92 Å². The van der Waals surface area contributed by atoms with Gasteiger partial charge in [-0.2, -0.15) is 0 Å². The van der Waals surface area contributed by atoms with Crippen molar-refractivity contribution in [1.29, 1.82) is 0 Å². The molecule has 2 aliphatic heterocycles. The van der Waals surface area contributed by atoms with Gasteiger partial charge in [0.05, 0.1) is 4.92 Å². The van der Waals surface area contributed by atoms with Gasteiger partial charge in [-0.15, -0.1) is 0 Å². The summed E-state index contributed by atoms with van der Waals surface area (Å²) in [6.07, 6.45) is 2.56. The van der Waals surface area contributed by atoms with E-state index in [2.05, 4.69) is 10.2 Å². The van der Waals surface area contributed by atoms with Crippen molar-refractivity contribution in [3.8, 4) is 0 Å². The molecule has 0 saturated carbocycles. The molecule has 98 valence electrons. The summed E-state index contributed by atoms with van der Waals surface area (Å²) < 4.78 is 0. The van der Waals surface area contributed by atoms with Crippen LogP contribution in [0.2, 0.25) is 0 Å². The first-order valence-corrected chi connectivity index (χ1v) is 7.23. The van der Waals surface area contributed by atoms with Crippen molar-refractivity contribution in [3.05, 3.63) is 27.1 Å². The number of rotatable bonds is 3. The quantitative estimate of drug-likeness (QED) is 0.670. The minimum absolute atomic E-state index is 0.253. The van der Waals surface area contributed by atoms with E-state index in [-0.39, 0.29) is 9.92 Å². The molecule has 3 rings (SSSR count). The van der Waals surface area contributed by atoms with Crippen LogP contribution in [0.15, 0.2) is 12.1 Å². The highest BCUT2D eigenvalue weighted by molar-refractivity contribution is 7.15. The second-order valence-corrected chi connectivity index (χ2v) is 6.24. The molecule has 18 heavy (non-hydrogen) atoms. The van der Waals surface area contributed by atoms with Crippen LogP contribution in [-0.2, 0) is 6.54 Å². The third-order valence-electron chi connectivity index (χ3n) is 3.98. The number of nitro groups is 1. The van der Waals surface area contributed by atoms with Gasteiger partial charge in [-0.1, -0.05) is 11.3 Å². The third-order valence-corrected chi connectivity index (χ3v) is 5.00. The number of hydrogen-bond acceptors (Lipinski definition) is 5. The van der Waals surface area contributed by atoms with E-state index >= 15 is 0 Å². The zero-order chi connectivity index (χ0) is 12.5. The van der Waals surface area contributed by atoms with Crippen LogP contribution in [0.25, 0.3) is 0 Å².